The van der Waals surface area contributed by atoms with Crippen LogP contribution in [-0.4, -0.2) is 59.1 Å². The number of nitrogens with two attached hydrogens (primary N) is 1. The fraction of sp³-hybridized carbons (Fsp3) is 0.333. The first-order valence-corrected chi connectivity index (χ1v) is 13.3. The van der Waals surface area contributed by atoms with Gasteiger partial charge in [0.2, 0.25) is 5.91 Å². The zero-order valence-corrected chi connectivity index (χ0v) is 22.8. The average Bonchev–Trinajstić information content (AvgIpc) is 3.73. The van der Waals surface area contributed by atoms with Crippen molar-refractivity contribution in [3.8, 4) is 17.0 Å². The lowest BCUT2D eigenvalue weighted by Crippen LogP contribution is -2.38. The molecular formula is C30H31F2N5O4. The predicted molar refractivity (Wildman–Crippen MR) is 150 cm³/mol. The number of nitrogens with zero attached hydrogens (tertiary/aromatic N) is 3. The van der Waals surface area contributed by atoms with E-state index in [1.165, 1.54) is 30.6 Å². The van der Waals surface area contributed by atoms with Crippen LogP contribution in [0.15, 0.2) is 49.3 Å². The molecule has 5 rings (SSSR count). The number of ether oxygens (including phenoxy) is 2. The molecule has 3 aromatic rings. The second kappa shape index (κ2) is 11.6. The van der Waals surface area contributed by atoms with Gasteiger partial charge in [-0.05, 0) is 73.6 Å². The number of carbonyl (C=O) groups is 2. The summed E-state index contributed by atoms with van der Waals surface area (Å²) in [4.78, 5) is 35.3. The van der Waals surface area contributed by atoms with E-state index in [1.54, 1.807) is 25.0 Å². The third kappa shape index (κ3) is 5.90. The molecule has 1 saturated heterocycles. The Bertz CT molecular complexity index is 1510. The molecule has 41 heavy (non-hydrogen) atoms. The number of hydrogen-bond donors (Lipinski definition) is 2. The van der Waals surface area contributed by atoms with Crippen LogP contribution in [0.5, 0.6) is 5.75 Å². The molecule has 0 unspecified atom stereocenters. The van der Waals surface area contributed by atoms with E-state index >= 15 is 0 Å². The summed E-state index contributed by atoms with van der Waals surface area (Å²) < 4.78 is 41.1. The van der Waals surface area contributed by atoms with Gasteiger partial charge in [0.25, 0.3) is 5.91 Å². The van der Waals surface area contributed by atoms with Crippen LogP contribution >= 0.6 is 0 Å². The third-order valence-electron chi connectivity index (χ3n) is 7.58. The molecule has 1 aromatic heterocycles. The van der Waals surface area contributed by atoms with Crippen molar-refractivity contribution in [1.82, 2.24) is 14.9 Å². The zero-order valence-electron chi connectivity index (χ0n) is 22.8. The number of hydrogen-bond acceptors (Lipinski definition) is 7. The molecule has 0 radical (unpaired) electrons. The molecule has 2 aliphatic rings. The van der Waals surface area contributed by atoms with Gasteiger partial charge in [-0.25, -0.2) is 18.7 Å². The first-order chi connectivity index (χ1) is 19.7. The van der Waals surface area contributed by atoms with Crippen LogP contribution in [-0.2, 0) is 9.53 Å². The van der Waals surface area contributed by atoms with Crippen LogP contribution in [0.3, 0.4) is 0 Å². The molecule has 1 saturated carbocycles. The molecule has 2 heterocycles. The van der Waals surface area contributed by atoms with E-state index in [0.717, 1.165) is 24.5 Å². The van der Waals surface area contributed by atoms with Gasteiger partial charge in [-0.2, -0.15) is 0 Å². The summed E-state index contributed by atoms with van der Waals surface area (Å²) >= 11 is 0. The van der Waals surface area contributed by atoms with Crippen LogP contribution in [0.1, 0.15) is 46.7 Å². The SMILES string of the molecule is C=CC(=O)N1C[C@@H](OC)C[C@H]1COc1c(N)ncnc1-c1cc(F)cc(NC(=O)c2ccc(C3CC3)cc2F)c1C. The summed E-state index contributed by atoms with van der Waals surface area (Å²) in [5.41, 5.74) is 7.98. The second-order valence-corrected chi connectivity index (χ2v) is 10.3. The van der Waals surface area contributed by atoms with Gasteiger partial charge in [0, 0.05) is 24.9 Å². The number of methoxy groups -OCH3 is 1. The summed E-state index contributed by atoms with van der Waals surface area (Å²) in [6.07, 6.45) is 4.84. The van der Waals surface area contributed by atoms with E-state index in [9.17, 15) is 18.4 Å². The van der Waals surface area contributed by atoms with Crippen molar-refractivity contribution >= 4 is 23.3 Å². The van der Waals surface area contributed by atoms with Crippen LogP contribution in [0, 0.1) is 18.6 Å². The number of benzene rings is 2. The Labute approximate surface area is 236 Å². The molecule has 1 aliphatic heterocycles. The number of carbonyl (C=O) groups excluding carboxylic acids is 2. The van der Waals surface area contributed by atoms with Crippen LogP contribution in [0.2, 0.25) is 0 Å². The highest BCUT2D eigenvalue weighted by molar-refractivity contribution is 6.05. The standard InChI is InChI=1S/C30H31F2N5O4/c1-4-26(38)37-13-21(40-3)12-20(37)14-41-28-27(34-15-35-29(28)33)23-10-19(31)11-25(16(23)2)36-30(39)22-8-7-18(9-24(22)32)17-5-6-17/h4,7-11,15,17,20-21H,1,5-6,12-14H2,2-3H3,(H,36,39)(H2,33,34,35)/t20-,21-/m0/s1. The van der Waals surface area contributed by atoms with Gasteiger partial charge in [-0.3, -0.25) is 9.59 Å². The summed E-state index contributed by atoms with van der Waals surface area (Å²) in [6.45, 7) is 5.67. The Kier molecular flexibility index (Phi) is 7.98. The zero-order chi connectivity index (χ0) is 29.3. The van der Waals surface area contributed by atoms with Crippen molar-refractivity contribution < 1.29 is 27.8 Å². The van der Waals surface area contributed by atoms with Gasteiger partial charge in [-0.15, -0.1) is 0 Å². The van der Waals surface area contributed by atoms with Crippen LogP contribution in [0.25, 0.3) is 11.3 Å². The van der Waals surface area contributed by atoms with Gasteiger partial charge in [0.05, 0.1) is 17.7 Å². The van der Waals surface area contributed by atoms with Crippen molar-refractivity contribution in [2.75, 3.05) is 31.3 Å². The number of nitrogen functional groups attached to an aromatic ring is 1. The molecule has 2 fully saturated rings. The number of anilines is 2. The van der Waals surface area contributed by atoms with Crippen LogP contribution < -0.4 is 15.8 Å². The monoisotopic (exact) mass is 563 g/mol. The number of nitrogens with one attached hydrogen (secondary N) is 1. The molecule has 9 nitrogen and oxygen atoms in total. The van der Waals surface area contributed by atoms with Gasteiger partial charge in [-0.1, -0.05) is 12.6 Å². The maximum atomic E-state index is 14.9. The highest BCUT2D eigenvalue weighted by Crippen LogP contribution is 2.41. The van der Waals surface area contributed by atoms with Crippen molar-refractivity contribution in [3.63, 3.8) is 0 Å². The third-order valence-corrected chi connectivity index (χ3v) is 7.58. The Balaban J connectivity index is 1.41. The Morgan fingerprint density at radius 3 is 2.68 bits per heavy atom. The van der Waals surface area contributed by atoms with E-state index in [2.05, 4.69) is 21.9 Å². The second-order valence-electron chi connectivity index (χ2n) is 10.3. The minimum Gasteiger partial charge on any atom is -0.485 e. The molecule has 1 aliphatic carbocycles. The van der Waals surface area contributed by atoms with Crippen LogP contribution in [0.4, 0.5) is 20.3 Å². The summed E-state index contributed by atoms with van der Waals surface area (Å²) in [5, 5.41) is 2.63. The quantitative estimate of drug-likeness (QED) is 0.365. The largest absolute Gasteiger partial charge is 0.485 e. The van der Waals surface area contributed by atoms with Gasteiger partial charge >= 0.3 is 0 Å². The first kappa shape index (κ1) is 28.2. The van der Waals surface area contributed by atoms with E-state index in [0.29, 0.717) is 30.0 Å². The van der Waals surface area contributed by atoms with Crippen molar-refractivity contribution in [3.05, 3.63) is 77.6 Å². The maximum Gasteiger partial charge on any atom is 0.258 e. The molecule has 214 valence electrons. The fourth-order valence-corrected chi connectivity index (χ4v) is 5.12. The molecule has 2 aromatic carbocycles. The highest BCUT2D eigenvalue weighted by Gasteiger charge is 2.35. The van der Waals surface area contributed by atoms with E-state index in [4.69, 9.17) is 15.2 Å². The van der Waals surface area contributed by atoms with E-state index in [1.807, 2.05) is 0 Å². The highest BCUT2D eigenvalue weighted by atomic mass is 19.1. The Morgan fingerprint density at radius 1 is 1.22 bits per heavy atom. The minimum absolute atomic E-state index is 0.0185. The number of amides is 2. The average molecular weight is 564 g/mol. The number of halogens is 2. The normalized spacial score (nSPS) is 18.3. The van der Waals surface area contributed by atoms with E-state index in [-0.39, 0.29) is 53.2 Å². The molecule has 3 N–H and O–H groups in total. The lowest BCUT2D eigenvalue weighted by Gasteiger charge is -2.24. The number of aromatic nitrogens is 2. The molecule has 0 spiro atoms. The lowest BCUT2D eigenvalue weighted by molar-refractivity contribution is -0.127. The molecule has 0 bridgehead atoms. The van der Waals surface area contributed by atoms with E-state index < -0.39 is 17.5 Å². The van der Waals surface area contributed by atoms with Crippen molar-refractivity contribution in [2.24, 2.45) is 0 Å². The van der Waals surface area contributed by atoms with Gasteiger partial charge in [0.1, 0.15) is 30.3 Å². The first-order valence-electron chi connectivity index (χ1n) is 13.3. The molecule has 2 amide bonds. The van der Waals surface area contributed by atoms with Crippen molar-refractivity contribution in [2.45, 2.75) is 44.2 Å². The fourth-order valence-electron chi connectivity index (χ4n) is 5.12. The minimum atomic E-state index is -0.705. The van der Waals surface area contributed by atoms with Crippen molar-refractivity contribution in [1.29, 1.82) is 0 Å². The van der Waals surface area contributed by atoms with Gasteiger partial charge in [0.15, 0.2) is 11.6 Å². The lowest BCUT2D eigenvalue weighted by atomic mass is 10.0. The molecule has 2 atom stereocenters. The Morgan fingerprint density at radius 2 is 2.00 bits per heavy atom. The number of likely N-dealkylation sites (tertiary alicyclic amines) is 1. The summed E-state index contributed by atoms with van der Waals surface area (Å²) in [5.74, 6) is -1.79. The van der Waals surface area contributed by atoms with Gasteiger partial charge < -0.3 is 25.4 Å². The predicted octanol–water partition coefficient (Wildman–Crippen LogP) is 4.62. The number of rotatable bonds is 9. The maximum absolute atomic E-state index is 14.9. The Hall–Kier alpha value is -4.38. The summed E-state index contributed by atoms with van der Waals surface area (Å²) in [7, 11) is 1.58. The molecule has 11 heteroatoms. The topological polar surface area (TPSA) is 120 Å². The smallest absolute Gasteiger partial charge is 0.258 e. The molecular weight excluding hydrogens is 532 g/mol. The summed E-state index contributed by atoms with van der Waals surface area (Å²) in [6, 6.07) is 6.64.